The van der Waals surface area contributed by atoms with Crippen molar-refractivity contribution in [2.75, 3.05) is 36.2 Å². The van der Waals surface area contributed by atoms with Crippen molar-refractivity contribution in [3.8, 4) is 0 Å². The third-order valence-corrected chi connectivity index (χ3v) is 5.87. The van der Waals surface area contributed by atoms with Gasteiger partial charge < -0.3 is 9.80 Å². The molecule has 6 heteroatoms. The van der Waals surface area contributed by atoms with E-state index in [1.807, 2.05) is 36.6 Å². The van der Waals surface area contributed by atoms with Crippen molar-refractivity contribution in [3.63, 3.8) is 0 Å². The number of hydrogen-bond donors (Lipinski definition) is 0. The first-order chi connectivity index (χ1) is 10.1. The smallest absolute Gasteiger partial charge is 0.250 e. The van der Waals surface area contributed by atoms with Crippen molar-refractivity contribution in [2.45, 2.75) is 32.7 Å². The molecule has 2 aliphatic heterocycles. The van der Waals surface area contributed by atoms with E-state index in [-0.39, 0.29) is 17.9 Å². The molecule has 2 saturated heterocycles. The van der Waals surface area contributed by atoms with Gasteiger partial charge in [-0.05, 0) is 25.5 Å². The van der Waals surface area contributed by atoms with Crippen LogP contribution >= 0.6 is 23.5 Å². The molecule has 0 aromatic heterocycles. The van der Waals surface area contributed by atoms with Crippen LogP contribution in [0, 0.1) is 0 Å². The van der Waals surface area contributed by atoms with Crippen LogP contribution in [0.4, 0.5) is 0 Å². The summed E-state index contributed by atoms with van der Waals surface area (Å²) in [7, 11) is 0. The molecule has 0 radical (unpaired) electrons. The molecule has 0 aliphatic carbocycles. The Bertz CT molecular complexity index is 418. The summed E-state index contributed by atoms with van der Waals surface area (Å²) in [5.41, 5.74) is 0.754. The zero-order valence-corrected chi connectivity index (χ0v) is 14.5. The molecule has 2 rings (SSSR count). The largest absolute Gasteiger partial charge is 0.340 e. The minimum atomic E-state index is -0.272. The van der Waals surface area contributed by atoms with Crippen molar-refractivity contribution in [2.24, 2.45) is 0 Å². The van der Waals surface area contributed by atoms with Gasteiger partial charge in [0.05, 0.1) is 5.88 Å². The van der Waals surface area contributed by atoms with E-state index in [2.05, 4.69) is 0 Å². The van der Waals surface area contributed by atoms with Gasteiger partial charge in [-0.2, -0.15) is 11.8 Å². The van der Waals surface area contributed by atoms with Gasteiger partial charge in [-0.15, -0.1) is 11.8 Å². The Labute approximate surface area is 135 Å². The van der Waals surface area contributed by atoms with Gasteiger partial charge in [0.1, 0.15) is 6.04 Å². The van der Waals surface area contributed by atoms with Gasteiger partial charge in [0.25, 0.3) is 5.91 Å². The molecule has 2 aliphatic rings. The maximum Gasteiger partial charge on any atom is 0.250 e. The molecule has 0 saturated carbocycles. The summed E-state index contributed by atoms with van der Waals surface area (Å²) in [6, 6.07) is -0.272. The van der Waals surface area contributed by atoms with Crippen molar-refractivity contribution in [1.82, 2.24) is 9.80 Å². The van der Waals surface area contributed by atoms with Gasteiger partial charge in [0, 0.05) is 30.2 Å². The van der Waals surface area contributed by atoms with Gasteiger partial charge in [-0.1, -0.05) is 13.0 Å². The summed E-state index contributed by atoms with van der Waals surface area (Å²) in [5, 5.41) is 0. The lowest BCUT2D eigenvalue weighted by atomic mass is 10.1. The van der Waals surface area contributed by atoms with Crippen LogP contribution in [0.15, 0.2) is 11.6 Å². The first-order valence-electron chi connectivity index (χ1n) is 7.57. The quantitative estimate of drug-likeness (QED) is 0.745. The van der Waals surface area contributed by atoms with Crippen LogP contribution in [0.5, 0.6) is 0 Å². The highest BCUT2D eigenvalue weighted by atomic mass is 32.2. The fourth-order valence-corrected chi connectivity index (χ4v) is 4.68. The highest BCUT2D eigenvalue weighted by molar-refractivity contribution is 7.99. The van der Waals surface area contributed by atoms with E-state index in [9.17, 15) is 9.59 Å². The molecule has 2 amide bonds. The summed E-state index contributed by atoms with van der Waals surface area (Å²) in [6.07, 6.45) is 3.84. The molecule has 0 spiro atoms. The van der Waals surface area contributed by atoms with Crippen molar-refractivity contribution in [1.29, 1.82) is 0 Å². The number of amides is 2. The Morgan fingerprint density at radius 3 is 2.81 bits per heavy atom. The van der Waals surface area contributed by atoms with Gasteiger partial charge in [-0.25, -0.2) is 0 Å². The molecule has 118 valence electrons. The van der Waals surface area contributed by atoms with Gasteiger partial charge in [0.15, 0.2) is 0 Å². The van der Waals surface area contributed by atoms with Crippen LogP contribution < -0.4 is 0 Å². The van der Waals surface area contributed by atoms with Crippen molar-refractivity contribution >= 4 is 35.3 Å². The Morgan fingerprint density at radius 2 is 2.05 bits per heavy atom. The number of carbonyl (C=O) groups is 2. The average molecular weight is 329 g/mol. The minimum absolute atomic E-state index is 0.0180. The third kappa shape index (κ3) is 4.19. The lowest BCUT2D eigenvalue weighted by Crippen LogP contribution is -2.49. The van der Waals surface area contributed by atoms with Crippen molar-refractivity contribution in [3.05, 3.63) is 11.6 Å². The fourth-order valence-electron chi connectivity index (χ4n) is 2.64. The Balaban J connectivity index is 2.05. The summed E-state index contributed by atoms with van der Waals surface area (Å²) in [5.74, 6) is 3.66. The van der Waals surface area contributed by atoms with Crippen LogP contribution in [0.25, 0.3) is 0 Å². The molecule has 1 atom stereocenters. The molecule has 4 nitrogen and oxygen atoms in total. The molecule has 21 heavy (non-hydrogen) atoms. The summed E-state index contributed by atoms with van der Waals surface area (Å²) in [6.45, 7) is 5.52. The SMILES string of the molecule is CC/C=C(/C)C(=O)N1CSC[C@H]1C(=O)N1CCCSCC1. The highest BCUT2D eigenvalue weighted by Crippen LogP contribution is 2.25. The number of allylic oxidation sites excluding steroid dienone is 1. The van der Waals surface area contributed by atoms with E-state index in [4.69, 9.17) is 0 Å². The maximum absolute atomic E-state index is 12.7. The second-order valence-electron chi connectivity index (χ2n) is 5.38. The topological polar surface area (TPSA) is 40.6 Å². The number of rotatable bonds is 3. The summed E-state index contributed by atoms with van der Waals surface area (Å²) < 4.78 is 0. The Morgan fingerprint density at radius 1 is 1.24 bits per heavy atom. The number of thioether (sulfide) groups is 2. The first kappa shape index (κ1) is 16.7. The third-order valence-electron chi connectivity index (χ3n) is 3.81. The molecule has 0 bridgehead atoms. The maximum atomic E-state index is 12.7. The van der Waals surface area contributed by atoms with E-state index in [0.29, 0.717) is 5.88 Å². The van der Waals surface area contributed by atoms with Crippen LogP contribution in [-0.2, 0) is 9.59 Å². The molecule has 2 heterocycles. The predicted octanol–water partition coefficient (Wildman–Crippen LogP) is 2.21. The monoisotopic (exact) mass is 328 g/mol. The lowest BCUT2D eigenvalue weighted by molar-refractivity contribution is -0.141. The first-order valence-corrected chi connectivity index (χ1v) is 9.88. The van der Waals surface area contributed by atoms with E-state index >= 15 is 0 Å². The molecule has 0 N–H and O–H groups in total. The molecule has 2 fully saturated rings. The predicted molar refractivity (Wildman–Crippen MR) is 90.5 cm³/mol. The van der Waals surface area contributed by atoms with Crippen LogP contribution in [0.3, 0.4) is 0 Å². The fraction of sp³-hybridized carbons (Fsp3) is 0.733. The molecule has 0 unspecified atom stereocenters. The van der Waals surface area contributed by atoms with Crippen LogP contribution in [-0.4, -0.2) is 63.9 Å². The second-order valence-corrected chi connectivity index (χ2v) is 7.60. The average Bonchev–Trinajstić information content (AvgIpc) is 2.80. The molecular weight excluding hydrogens is 304 g/mol. The standard InChI is InChI=1S/C15H24N2O2S2/c1-3-5-12(2)14(18)17-11-21-10-13(17)15(19)16-6-4-8-20-9-7-16/h5,13H,3-4,6-11H2,1-2H3/b12-5-/t13-/m0/s1. The molecular formula is C15H24N2O2S2. The Kier molecular flexibility index (Phi) is 6.48. The highest BCUT2D eigenvalue weighted by Gasteiger charge is 2.37. The summed E-state index contributed by atoms with van der Waals surface area (Å²) >= 11 is 3.59. The van der Waals surface area contributed by atoms with Crippen molar-refractivity contribution < 1.29 is 9.59 Å². The van der Waals surface area contributed by atoms with Crippen LogP contribution in [0.2, 0.25) is 0 Å². The van der Waals surface area contributed by atoms with Gasteiger partial charge in [0.2, 0.25) is 5.91 Å². The Hall–Kier alpha value is -0.620. The lowest BCUT2D eigenvalue weighted by Gasteiger charge is -2.29. The minimum Gasteiger partial charge on any atom is -0.340 e. The summed E-state index contributed by atoms with van der Waals surface area (Å²) in [4.78, 5) is 28.9. The second kappa shape index (κ2) is 8.13. The number of hydrogen-bond acceptors (Lipinski definition) is 4. The number of carbonyl (C=O) groups excluding carboxylic acids is 2. The van der Waals surface area contributed by atoms with E-state index in [1.54, 1.807) is 16.7 Å². The van der Waals surface area contributed by atoms with E-state index < -0.39 is 0 Å². The molecule has 0 aromatic rings. The molecule has 0 aromatic carbocycles. The zero-order valence-electron chi connectivity index (χ0n) is 12.8. The van der Waals surface area contributed by atoms with E-state index in [0.717, 1.165) is 48.8 Å². The van der Waals surface area contributed by atoms with E-state index in [1.165, 1.54) is 0 Å². The van der Waals surface area contributed by atoms with Gasteiger partial charge in [-0.3, -0.25) is 9.59 Å². The van der Waals surface area contributed by atoms with Crippen LogP contribution in [0.1, 0.15) is 26.7 Å². The normalized spacial score (nSPS) is 24.1. The number of nitrogens with zero attached hydrogens (tertiary/aromatic N) is 2. The zero-order chi connectivity index (χ0) is 15.2. The van der Waals surface area contributed by atoms with Gasteiger partial charge >= 0.3 is 0 Å².